The number of pyridine rings is 1. The summed E-state index contributed by atoms with van der Waals surface area (Å²) in [5, 5.41) is 0.361. The van der Waals surface area contributed by atoms with E-state index >= 15 is 0 Å². The standard InChI is InChI=1S/C20H26ClFN4O3S/c1-20(2,22)11-17(19(23)27)26(13-14-5-10-18(24-12-14)25(3)4)30(28,29)16-8-6-15(21)7-9-16/h5-10,12,17H,11,13H2,1-4H3,(H2,23,27)/t17-/m1/s1. The first-order valence-electron chi connectivity index (χ1n) is 9.19. The molecule has 0 aliphatic rings. The van der Waals surface area contributed by atoms with Gasteiger partial charge in [0.2, 0.25) is 15.9 Å². The van der Waals surface area contributed by atoms with Gasteiger partial charge in [-0.05, 0) is 49.7 Å². The number of amides is 1. The number of carbonyl (C=O) groups is 1. The molecule has 30 heavy (non-hydrogen) atoms. The second-order valence-electron chi connectivity index (χ2n) is 7.76. The number of anilines is 1. The molecular weight excluding hydrogens is 431 g/mol. The van der Waals surface area contributed by atoms with Crippen molar-refractivity contribution in [1.29, 1.82) is 0 Å². The molecule has 1 aromatic carbocycles. The predicted molar refractivity (Wildman–Crippen MR) is 116 cm³/mol. The molecule has 0 fully saturated rings. The van der Waals surface area contributed by atoms with Crippen molar-refractivity contribution >= 4 is 33.3 Å². The van der Waals surface area contributed by atoms with E-state index in [1.165, 1.54) is 44.3 Å². The summed E-state index contributed by atoms with van der Waals surface area (Å²) in [6.07, 6.45) is 1.12. The van der Waals surface area contributed by atoms with E-state index in [9.17, 15) is 17.6 Å². The van der Waals surface area contributed by atoms with Crippen LogP contribution in [0.15, 0.2) is 47.5 Å². The summed E-state index contributed by atoms with van der Waals surface area (Å²) < 4.78 is 42.1. The van der Waals surface area contributed by atoms with Crippen LogP contribution in [0.25, 0.3) is 0 Å². The van der Waals surface area contributed by atoms with E-state index in [4.69, 9.17) is 17.3 Å². The quantitative estimate of drug-likeness (QED) is 0.625. The van der Waals surface area contributed by atoms with Crippen LogP contribution in [-0.2, 0) is 21.4 Å². The van der Waals surface area contributed by atoms with Crippen molar-refractivity contribution in [3.8, 4) is 0 Å². The largest absolute Gasteiger partial charge is 0.368 e. The SMILES string of the molecule is CN(C)c1ccc(CN([C@H](CC(C)(C)F)C(N)=O)S(=O)(=O)c2ccc(Cl)cc2)cn1. The zero-order valence-corrected chi connectivity index (χ0v) is 18.9. The van der Waals surface area contributed by atoms with Crippen molar-refractivity contribution in [3.05, 3.63) is 53.2 Å². The first-order valence-corrected chi connectivity index (χ1v) is 11.0. The van der Waals surface area contributed by atoms with Crippen LogP contribution in [0.3, 0.4) is 0 Å². The maximum Gasteiger partial charge on any atom is 0.244 e. The molecule has 7 nitrogen and oxygen atoms in total. The van der Waals surface area contributed by atoms with Gasteiger partial charge in [-0.15, -0.1) is 0 Å². The average Bonchev–Trinajstić information content (AvgIpc) is 2.64. The minimum absolute atomic E-state index is 0.0762. The van der Waals surface area contributed by atoms with E-state index in [1.807, 2.05) is 14.1 Å². The summed E-state index contributed by atoms with van der Waals surface area (Å²) in [7, 11) is -0.540. The molecule has 0 saturated heterocycles. The number of benzene rings is 1. The van der Waals surface area contributed by atoms with Crippen molar-refractivity contribution in [2.45, 2.75) is 43.4 Å². The Bertz CT molecular complexity index is 975. The van der Waals surface area contributed by atoms with Crippen LogP contribution in [0.5, 0.6) is 0 Å². The summed E-state index contributed by atoms with van der Waals surface area (Å²) in [5.41, 5.74) is 4.22. The van der Waals surface area contributed by atoms with Crippen LogP contribution in [0.2, 0.25) is 5.02 Å². The molecule has 0 unspecified atom stereocenters. The Morgan fingerprint density at radius 3 is 2.23 bits per heavy atom. The highest BCUT2D eigenvalue weighted by molar-refractivity contribution is 7.89. The Morgan fingerprint density at radius 2 is 1.80 bits per heavy atom. The lowest BCUT2D eigenvalue weighted by molar-refractivity contribution is -0.123. The van der Waals surface area contributed by atoms with Gasteiger partial charge in [0.25, 0.3) is 0 Å². The fourth-order valence-corrected chi connectivity index (χ4v) is 4.57. The topological polar surface area (TPSA) is 96.6 Å². The van der Waals surface area contributed by atoms with Gasteiger partial charge < -0.3 is 10.6 Å². The average molecular weight is 457 g/mol. The van der Waals surface area contributed by atoms with Gasteiger partial charge in [-0.25, -0.2) is 17.8 Å². The van der Waals surface area contributed by atoms with E-state index in [-0.39, 0.29) is 11.4 Å². The van der Waals surface area contributed by atoms with Gasteiger partial charge in [-0.2, -0.15) is 4.31 Å². The molecule has 0 aliphatic carbocycles. The predicted octanol–water partition coefficient (Wildman–Crippen LogP) is 2.98. The molecule has 1 atom stereocenters. The number of alkyl halides is 1. The van der Waals surface area contributed by atoms with E-state index in [0.717, 1.165) is 4.31 Å². The Kier molecular flexibility index (Phi) is 7.44. The number of primary amides is 1. The molecule has 0 radical (unpaired) electrons. The zero-order chi connectivity index (χ0) is 22.7. The Labute approximate surface area is 181 Å². The molecule has 0 aliphatic heterocycles. The summed E-state index contributed by atoms with van der Waals surface area (Å²) >= 11 is 5.87. The van der Waals surface area contributed by atoms with Gasteiger partial charge in [0.05, 0.1) is 4.90 Å². The molecule has 1 heterocycles. The molecule has 1 aromatic heterocycles. The van der Waals surface area contributed by atoms with Crippen LogP contribution < -0.4 is 10.6 Å². The van der Waals surface area contributed by atoms with Crippen LogP contribution in [0.4, 0.5) is 10.2 Å². The molecule has 2 rings (SSSR count). The fourth-order valence-electron chi connectivity index (χ4n) is 2.86. The minimum atomic E-state index is -4.19. The first kappa shape index (κ1) is 24.0. The highest BCUT2D eigenvalue weighted by Crippen LogP contribution is 2.28. The number of hydrogen-bond donors (Lipinski definition) is 1. The molecule has 0 spiro atoms. The van der Waals surface area contributed by atoms with Gasteiger partial charge in [0.1, 0.15) is 17.5 Å². The first-order chi connectivity index (χ1) is 13.8. The highest BCUT2D eigenvalue weighted by atomic mass is 35.5. The van der Waals surface area contributed by atoms with E-state index in [2.05, 4.69) is 4.98 Å². The van der Waals surface area contributed by atoms with Crippen molar-refractivity contribution in [3.63, 3.8) is 0 Å². The van der Waals surface area contributed by atoms with Crippen molar-refractivity contribution < 1.29 is 17.6 Å². The summed E-state index contributed by atoms with van der Waals surface area (Å²) in [4.78, 5) is 18.2. The number of carbonyl (C=O) groups excluding carboxylic acids is 1. The van der Waals surface area contributed by atoms with Gasteiger partial charge in [-0.1, -0.05) is 17.7 Å². The summed E-state index contributed by atoms with van der Waals surface area (Å²) in [6.45, 7) is 2.34. The number of sulfonamides is 1. The maximum absolute atomic E-state index is 14.4. The molecule has 10 heteroatoms. The third-order valence-electron chi connectivity index (χ3n) is 4.38. The van der Waals surface area contributed by atoms with Gasteiger partial charge in [0, 0.05) is 38.3 Å². The second-order valence-corrected chi connectivity index (χ2v) is 10.1. The molecular formula is C20H26ClFN4O3S. The van der Waals surface area contributed by atoms with Gasteiger partial charge >= 0.3 is 0 Å². The third-order valence-corrected chi connectivity index (χ3v) is 6.50. The second kappa shape index (κ2) is 9.28. The molecule has 1 amide bonds. The van der Waals surface area contributed by atoms with Crippen molar-refractivity contribution in [1.82, 2.24) is 9.29 Å². The molecule has 0 saturated carbocycles. The minimum Gasteiger partial charge on any atom is -0.368 e. The molecule has 2 N–H and O–H groups in total. The lowest BCUT2D eigenvalue weighted by atomic mass is 10.00. The summed E-state index contributed by atoms with van der Waals surface area (Å²) in [6, 6.07) is 7.55. The van der Waals surface area contributed by atoms with Crippen molar-refractivity contribution in [2.75, 3.05) is 19.0 Å². The smallest absolute Gasteiger partial charge is 0.244 e. The maximum atomic E-state index is 14.4. The van der Waals surface area contributed by atoms with Crippen molar-refractivity contribution in [2.24, 2.45) is 5.73 Å². The number of rotatable bonds is 9. The van der Waals surface area contributed by atoms with Gasteiger partial charge in [0.15, 0.2) is 0 Å². The summed E-state index contributed by atoms with van der Waals surface area (Å²) in [5.74, 6) is -0.252. The van der Waals surface area contributed by atoms with Crippen LogP contribution in [0, 0.1) is 0 Å². The van der Waals surface area contributed by atoms with Crippen LogP contribution in [0.1, 0.15) is 25.8 Å². The Balaban J connectivity index is 2.52. The number of nitrogens with two attached hydrogens (primary N) is 1. The third kappa shape index (κ3) is 6.13. The zero-order valence-electron chi connectivity index (χ0n) is 17.3. The molecule has 2 aromatic rings. The normalized spacial score (nSPS) is 13.3. The number of hydrogen-bond acceptors (Lipinski definition) is 5. The van der Waals surface area contributed by atoms with E-state index in [1.54, 1.807) is 17.0 Å². The lowest BCUT2D eigenvalue weighted by Gasteiger charge is -2.31. The Hall–Kier alpha value is -2.23. The monoisotopic (exact) mass is 456 g/mol. The molecule has 164 valence electrons. The highest BCUT2D eigenvalue weighted by Gasteiger charge is 2.38. The van der Waals surface area contributed by atoms with Gasteiger partial charge in [-0.3, -0.25) is 4.79 Å². The van der Waals surface area contributed by atoms with E-state index in [0.29, 0.717) is 16.4 Å². The van der Waals surface area contributed by atoms with Crippen LogP contribution >= 0.6 is 11.6 Å². The lowest BCUT2D eigenvalue weighted by Crippen LogP contribution is -2.49. The number of nitrogens with zero attached hydrogens (tertiary/aromatic N) is 3. The molecule has 0 bridgehead atoms. The number of halogens is 2. The van der Waals surface area contributed by atoms with Crippen LogP contribution in [-0.4, -0.2) is 49.4 Å². The van der Waals surface area contributed by atoms with E-state index < -0.39 is 34.1 Å². The Morgan fingerprint density at radius 1 is 1.20 bits per heavy atom. The fraction of sp³-hybridized carbons (Fsp3) is 0.400. The number of aromatic nitrogens is 1.